The van der Waals surface area contributed by atoms with E-state index in [1.165, 1.54) is 0 Å². The molecule has 1 amide bonds. The number of carbonyl (C=O) groups is 1. The lowest BCUT2D eigenvalue weighted by Gasteiger charge is -2.20. The third-order valence-corrected chi connectivity index (χ3v) is 3.40. The zero-order valence-electron chi connectivity index (χ0n) is 11.4. The number of amides is 1. The first-order valence-electron chi connectivity index (χ1n) is 6.22. The van der Waals surface area contributed by atoms with Gasteiger partial charge in [-0.2, -0.15) is 0 Å². The van der Waals surface area contributed by atoms with Crippen LogP contribution in [-0.4, -0.2) is 42.0 Å². The summed E-state index contributed by atoms with van der Waals surface area (Å²) in [6.07, 6.45) is 0.874. The van der Waals surface area contributed by atoms with Crippen molar-refractivity contribution < 1.29 is 4.79 Å². The number of hydrogen-bond acceptors (Lipinski definition) is 3. The Hall–Kier alpha value is -0.840. The number of rotatable bonds is 6. The van der Waals surface area contributed by atoms with Crippen molar-refractivity contribution in [3.63, 3.8) is 0 Å². The highest BCUT2D eigenvalue weighted by Gasteiger charge is 2.12. The zero-order valence-corrected chi connectivity index (χ0v) is 12.9. The highest BCUT2D eigenvalue weighted by molar-refractivity contribution is 6.34. The summed E-state index contributed by atoms with van der Waals surface area (Å²) in [5.41, 5.74) is 0.173. The Labute approximate surface area is 124 Å². The van der Waals surface area contributed by atoms with Gasteiger partial charge >= 0.3 is 0 Å². The van der Waals surface area contributed by atoms with Crippen LogP contribution < -0.4 is 5.32 Å². The molecule has 1 aromatic heterocycles. The SMILES string of the molecule is CC(C)N(C)CCCNC(=O)c1nc(Cl)ccc1Cl. The molecule has 0 aliphatic heterocycles. The number of halogens is 2. The van der Waals surface area contributed by atoms with Crippen molar-refractivity contribution in [1.29, 1.82) is 0 Å². The summed E-state index contributed by atoms with van der Waals surface area (Å²) in [6.45, 7) is 5.78. The first-order chi connectivity index (χ1) is 8.91. The molecule has 1 rings (SSSR count). The maximum Gasteiger partial charge on any atom is 0.271 e. The van der Waals surface area contributed by atoms with Gasteiger partial charge in [-0.3, -0.25) is 4.79 Å². The van der Waals surface area contributed by atoms with Gasteiger partial charge in [0.2, 0.25) is 0 Å². The van der Waals surface area contributed by atoms with E-state index in [0.717, 1.165) is 13.0 Å². The Morgan fingerprint density at radius 2 is 2.11 bits per heavy atom. The van der Waals surface area contributed by atoms with Gasteiger partial charge in [0.1, 0.15) is 10.8 Å². The molecule has 0 saturated carbocycles. The summed E-state index contributed by atoms with van der Waals surface area (Å²) in [6, 6.07) is 3.62. The Balaban J connectivity index is 2.41. The van der Waals surface area contributed by atoms with Crippen LogP contribution in [0.5, 0.6) is 0 Å². The molecular formula is C13H19Cl2N3O. The highest BCUT2D eigenvalue weighted by Crippen LogP contribution is 2.16. The molecule has 1 heterocycles. The van der Waals surface area contributed by atoms with Crippen LogP contribution in [0.4, 0.5) is 0 Å². The monoisotopic (exact) mass is 303 g/mol. The molecule has 0 atom stereocenters. The molecular weight excluding hydrogens is 285 g/mol. The lowest BCUT2D eigenvalue weighted by Crippen LogP contribution is -2.31. The van der Waals surface area contributed by atoms with Gasteiger partial charge in [-0.15, -0.1) is 0 Å². The summed E-state index contributed by atoms with van der Waals surface area (Å²) < 4.78 is 0. The standard InChI is InChI=1S/C13H19Cl2N3O/c1-9(2)18(3)8-4-7-16-13(19)12-10(14)5-6-11(15)17-12/h5-6,9H,4,7-8H2,1-3H3,(H,16,19). The van der Waals surface area contributed by atoms with E-state index in [1.807, 2.05) is 0 Å². The lowest BCUT2D eigenvalue weighted by molar-refractivity contribution is 0.0947. The van der Waals surface area contributed by atoms with Crippen LogP contribution >= 0.6 is 23.2 Å². The summed E-state index contributed by atoms with van der Waals surface area (Å²) in [5.74, 6) is -0.292. The summed E-state index contributed by atoms with van der Waals surface area (Å²) in [4.78, 5) is 18.0. The van der Waals surface area contributed by atoms with E-state index < -0.39 is 0 Å². The first-order valence-corrected chi connectivity index (χ1v) is 6.98. The van der Waals surface area contributed by atoms with Crippen LogP contribution in [0, 0.1) is 0 Å². The van der Waals surface area contributed by atoms with Crippen molar-refractivity contribution in [3.8, 4) is 0 Å². The number of nitrogens with one attached hydrogen (secondary N) is 1. The average molecular weight is 304 g/mol. The van der Waals surface area contributed by atoms with Crippen molar-refractivity contribution >= 4 is 29.1 Å². The molecule has 6 heteroatoms. The van der Waals surface area contributed by atoms with Gasteiger partial charge in [-0.1, -0.05) is 23.2 Å². The van der Waals surface area contributed by atoms with Crippen molar-refractivity contribution in [2.75, 3.05) is 20.1 Å². The van der Waals surface area contributed by atoms with E-state index in [-0.39, 0.29) is 16.8 Å². The Kier molecular flexibility index (Phi) is 6.55. The van der Waals surface area contributed by atoms with Gasteiger partial charge in [0, 0.05) is 12.6 Å². The quantitative estimate of drug-likeness (QED) is 0.649. The number of nitrogens with zero attached hydrogens (tertiary/aromatic N) is 2. The Morgan fingerprint density at radius 1 is 1.42 bits per heavy atom. The zero-order chi connectivity index (χ0) is 14.4. The van der Waals surface area contributed by atoms with Crippen LogP contribution in [0.15, 0.2) is 12.1 Å². The fourth-order valence-electron chi connectivity index (χ4n) is 1.45. The molecule has 106 valence electrons. The number of hydrogen-bond donors (Lipinski definition) is 1. The predicted molar refractivity (Wildman–Crippen MR) is 79.0 cm³/mol. The van der Waals surface area contributed by atoms with Crippen LogP contribution in [0.25, 0.3) is 0 Å². The topological polar surface area (TPSA) is 45.2 Å². The third-order valence-electron chi connectivity index (χ3n) is 2.88. The molecule has 0 saturated heterocycles. The number of aromatic nitrogens is 1. The molecule has 0 unspecified atom stereocenters. The van der Waals surface area contributed by atoms with Gasteiger partial charge in [0.15, 0.2) is 0 Å². The fourth-order valence-corrected chi connectivity index (χ4v) is 1.79. The van der Waals surface area contributed by atoms with Crippen molar-refractivity contribution in [3.05, 3.63) is 28.0 Å². The second kappa shape index (κ2) is 7.68. The Bertz CT molecular complexity index is 438. The molecule has 0 aliphatic rings. The van der Waals surface area contributed by atoms with Crippen LogP contribution in [0.2, 0.25) is 10.2 Å². The van der Waals surface area contributed by atoms with Gasteiger partial charge < -0.3 is 10.2 Å². The molecule has 19 heavy (non-hydrogen) atoms. The molecule has 1 N–H and O–H groups in total. The predicted octanol–water partition coefficient (Wildman–Crippen LogP) is 2.85. The number of carbonyl (C=O) groups excluding carboxylic acids is 1. The maximum absolute atomic E-state index is 11.9. The highest BCUT2D eigenvalue weighted by atomic mass is 35.5. The van der Waals surface area contributed by atoms with Crippen molar-refractivity contribution in [2.45, 2.75) is 26.3 Å². The van der Waals surface area contributed by atoms with E-state index >= 15 is 0 Å². The minimum absolute atomic E-state index is 0.173. The lowest BCUT2D eigenvalue weighted by atomic mass is 10.3. The van der Waals surface area contributed by atoms with Gasteiger partial charge in [-0.25, -0.2) is 4.98 Å². The third kappa shape index (κ3) is 5.35. The molecule has 1 aromatic rings. The minimum Gasteiger partial charge on any atom is -0.351 e. The molecule has 0 spiro atoms. The second-order valence-electron chi connectivity index (χ2n) is 4.65. The maximum atomic E-state index is 11.9. The summed E-state index contributed by atoms with van der Waals surface area (Å²) >= 11 is 11.6. The van der Waals surface area contributed by atoms with E-state index in [1.54, 1.807) is 12.1 Å². The fraction of sp³-hybridized carbons (Fsp3) is 0.538. The van der Waals surface area contributed by atoms with Gasteiger partial charge in [-0.05, 0) is 46.0 Å². The van der Waals surface area contributed by atoms with Crippen molar-refractivity contribution in [2.24, 2.45) is 0 Å². The second-order valence-corrected chi connectivity index (χ2v) is 5.44. The summed E-state index contributed by atoms with van der Waals surface area (Å²) in [5, 5.41) is 3.36. The van der Waals surface area contributed by atoms with Gasteiger partial charge in [0.05, 0.1) is 5.02 Å². The van der Waals surface area contributed by atoms with Crippen molar-refractivity contribution in [1.82, 2.24) is 15.2 Å². The van der Waals surface area contributed by atoms with E-state index in [0.29, 0.717) is 17.6 Å². The van der Waals surface area contributed by atoms with E-state index in [9.17, 15) is 4.79 Å². The van der Waals surface area contributed by atoms with Crippen LogP contribution in [0.1, 0.15) is 30.8 Å². The largest absolute Gasteiger partial charge is 0.351 e. The van der Waals surface area contributed by atoms with E-state index in [4.69, 9.17) is 23.2 Å². The molecule has 4 nitrogen and oxygen atoms in total. The average Bonchev–Trinajstić information content (AvgIpc) is 2.36. The van der Waals surface area contributed by atoms with Crippen LogP contribution in [-0.2, 0) is 0 Å². The molecule has 0 aliphatic carbocycles. The smallest absolute Gasteiger partial charge is 0.271 e. The molecule has 0 radical (unpaired) electrons. The molecule has 0 aromatic carbocycles. The molecule has 0 fully saturated rings. The Morgan fingerprint density at radius 3 is 2.74 bits per heavy atom. The molecule has 0 bridgehead atoms. The first kappa shape index (κ1) is 16.2. The summed E-state index contributed by atoms with van der Waals surface area (Å²) in [7, 11) is 2.06. The van der Waals surface area contributed by atoms with Gasteiger partial charge in [0.25, 0.3) is 5.91 Å². The normalized spacial score (nSPS) is 11.1. The number of pyridine rings is 1. The van der Waals surface area contributed by atoms with E-state index in [2.05, 4.69) is 36.1 Å². The van der Waals surface area contributed by atoms with Crippen LogP contribution in [0.3, 0.4) is 0 Å². The minimum atomic E-state index is -0.292.